The summed E-state index contributed by atoms with van der Waals surface area (Å²) in [5.74, 6) is -0.184. The zero-order valence-corrected chi connectivity index (χ0v) is 12.6. The number of oxime groups is 1. The summed E-state index contributed by atoms with van der Waals surface area (Å²) >= 11 is 0. The molecule has 0 amide bonds. The summed E-state index contributed by atoms with van der Waals surface area (Å²) in [6.45, 7) is 9.96. The topological polar surface area (TPSA) is 58.9 Å². The summed E-state index contributed by atoms with van der Waals surface area (Å²) in [6, 6.07) is 0. The van der Waals surface area contributed by atoms with Gasteiger partial charge in [0.25, 0.3) is 0 Å². The fourth-order valence-corrected chi connectivity index (χ4v) is 4.08. The van der Waals surface area contributed by atoms with Crippen molar-refractivity contribution in [3.63, 3.8) is 0 Å². The summed E-state index contributed by atoms with van der Waals surface area (Å²) in [5.41, 5.74) is 0.116. The van der Waals surface area contributed by atoms with E-state index in [1.807, 2.05) is 20.8 Å². The highest BCUT2D eigenvalue weighted by Gasteiger charge is 2.60. The Hall–Kier alpha value is -1.06. The molecule has 0 saturated heterocycles. The van der Waals surface area contributed by atoms with Crippen LogP contribution in [0.1, 0.15) is 60.3 Å². The lowest BCUT2D eigenvalue weighted by atomic mass is 9.61. The first-order chi connectivity index (χ1) is 8.60. The van der Waals surface area contributed by atoms with Crippen molar-refractivity contribution in [3.05, 3.63) is 0 Å². The Labute approximate surface area is 115 Å². The third-order valence-corrected chi connectivity index (χ3v) is 4.66. The van der Waals surface area contributed by atoms with Crippen LogP contribution in [0.25, 0.3) is 0 Å². The van der Waals surface area contributed by atoms with Gasteiger partial charge < -0.3 is 9.94 Å². The van der Waals surface area contributed by atoms with Gasteiger partial charge in [0.05, 0.1) is 11.6 Å². The Morgan fingerprint density at radius 1 is 1.26 bits per heavy atom. The highest BCUT2D eigenvalue weighted by molar-refractivity contribution is 5.89. The molecule has 0 radical (unpaired) electrons. The maximum atomic E-state index is 12.6. The maximum Gasteiger partial charge on any atom is 0.310 e. The fraction of sp³-hybridized carbons (Fsp3) is 0.867. The SMILES string of the molecule is CC(C)(C)OC(=O)C1[C@@]2(C)CC[C@]1(C)CC(=NO)C2. The summed E-state index contributed by atoms with van der Waals surface area (Å²) in [5, 5.41) is 12.5. The Morgan fingerprint density at radius 2 is 1.74 bits per heavy atom. The largest absolute Gasteiger partial charge is 0.460 e. The van der Waals surface area contributed by atoms with E-state index < -0.39 is 5.60 Å². The van der Waals surface area contributed by atoms with Gasteiger partial charge in [-0.05, 0) is 57.3 Å². The molecule has 0 aromatic carbocycles. The van der Waals surface area contributed by atoms with Gasteiger partial charge in [0, 0.05) is 0 Å². The van der Waals surface area contributed by atoms with Gasteiger partial charge in [0.1, 0.15) is 5.60 Å². The van der Waals surface area contributed by atoms with Crippen LogP contribution in [-0.4, -0.2) is 22.5 Å². The van der Waals surface area contributed by atoms with Crippen molar-refractivity contribution < 1.29 is 14.7 Å². The minimum atomic E-state index is -0.450. The van der Waals surface area contributed by atoms with Crippen LogP contribution < -0.4 is 0 Å². The van der Waals surface area contributed by atoms with Gasteiger partial charge in [-0.15, -0.1) is 0 Å². The van der Waals surface area contributed by atoms with E-state index >= 15 is 0 Å². The number of carbonyl (C=O) groups excluding carboxylic acids is 1. The summed E-state index contributed by atoms with van der Waals surface area (Å²) in [6.07, 6.45) is 3.38. The molecule has 0 heterocycles. The van der Waals surface area contributed by atoms with Crippen molar-refractivity contribution >= 4 is 11.7 Å². The second-order valence-electron chi connectivity index (χ2n) is 7.79. The predicted octanol–water partition coefficient (Wildman–Crippen LogP) is 3.37. The molecule has 0 aromatic rings. The molecule has 0 spiro atoms. The molecule has 2 aliphatic rings. The summed E-state index contributed by atoms with van der Waals surface area (Å²) < 4.78 is 5.62. The van der Waals surface area contributed by atoms with Crippen LogP contribution in [-0.2, 0) is 9.53 Å². The van der Waals surface area contributed by atoms with E-state index in [1.54, 1.807) is 0 Å². The first-order valence-corrected chi connectivity index (χ1v) is 7.02. The van der Waals surface area contributed by atoms with Gasteiger partial charge >= 0.3 is 5.97 Å². The number of rotatable bonds is 1. The molecule has 0 aromatic heterocycles. The molecule has 0 aliphatic heterocycles. The molecule has 2 rings (SSSR count). The van der Waals surface area contributed by atoms with Crippen molar-refractivity contribution in [3.8, 4) is 0 Å². The van der Waals surface area contributed by atoms with Crippen molar-refractivity contribution in [1.29, 1.82) is 0 Å². The fourth-order valence-electron chi connectivity index (χ4n) is 4.08. The first kappa shape index (κ1) is 14.4. The van der Waals surface area contributed by atoms with Gasteiger partial charge in [-0.2, -0.15) is 0 Å². The molecule has 19 heavy (non-hydrogen) atoms. The van der Waals surface area contributed by atoms with Crippen molar-refractivity contribution in [2.45, 2.75) is 65.9 Å². The summed E-state index contributed by atoms with van der Waals surface area (Å²) in [7, 11) is 0. The van der Waals surface area contributed by atoms with Crippen LogP contribution in [0.3, 0.4) is 0 Å². The van der Waals surface area contributed by atoms with E-state index in [0.29, 0.717) is 12.8 Å². The minimum absolute atomic E-state index is 0.0908. The highest BCUT2D eigenvalue weighted by Crippen LogP contribution is 2.61. The van der Waals surface area contributed by atoms with Gasteiger partial charge in [0.15, 0.2) is 0 Å². The van der Waals surface area contributed by atoms with Crippen LogP contribution in [0.4, 0.5) is 0 Å². The monoisotopic (exact) mass is 267 g/mol. The second-order valence-corrected chi connectivity index (χ2v) is 7.79. The van der Waals surface area contributed by atoms with Crippen molar-refractivity contribution in [2.24, 2.45) is 21.9 Å². The lowest BCUT2D eigenvalue weighted by Gasteiger charge is -2.43. The third kappa shape index (κ3) is 2.49. The number of fused-ring (bicyclic) bond motifs is 2. The Morgan fingerprint density at radius 3 is 2.11 bits per heavy atom. The Balaban J connectivity index is 2.29. The average Bonchev–Trinajstić information content (AvgIpc) is 2.39. The molecular formula is C15H25NO3. The number of nitrogens with zero attached hydrogens (tertiary/aromatic N) is 1. The molecule has 1 unspecified atom stereocenters. The Bertz CT molecular complexity index is 402. The molecule has 2 aliphatic carbocycles. The average molecular weight is 267 g/mol. The van der Waals surface area contributed by atoms with Gasteiger partial charge in [0.2, 0.25) is 0 Å². The van der Waals surface area contributed by atoms with E-state index in [-0.39, 0.29) is 22.7 Å². The van der Waals surface area contributed by atoms with E-state index in [1.165, 1.54) is 0 Å². The third-order valence-electron chi connectivity index (χ3n) is 4.66. The number of esters is 1. The second kappa shape index (κ2) is 4.22. The van der Waals surface area contributed by atoms with E-state index in [9.17, 15) is 4.79 Å². The molecule has 108 valence electrons. The van der Waals surface area contributed by atoms with E-state index in [0.717, 1.165) is 18.6 Å². The summed E-state index contributed by atoms with van der Waals surface area (Å²) in [4.78, 5) is 12.6. The molecule has 1 N–H and O–H groups in total. The van der Waals surface area contributed by atoms with Crippen molar-refractivity contribution in [2.75, 3.05) is 0 Å². The Kier molecular flexibility index (Phi) is 3.19. The van der Waals surface area contributed by atoms with Crippen LogP contribution in [0, 0.1) is 16.7 Å². The predicted molar refractivity (Wildman–Crippen MR) is 73.2 cm³/mol. The van der Waals surface area contributed by atoms with Crippen molar-refractivity contribution in [1.82, 2.24) is 0 Å². The molecule has 2 fully saturated rings. The molecule has 4 nitrogen and oxygen atoms in total. The first-order valence-electron chi connectivity index (χ1n) is 7.02. The molecule has 4 heteroatoms. The number of hydrogen-bond donors (Lipinski definition) is 1. The molecule has 2 saturated carbocycles. The number of hydrogen-bond acceptors (Lipinski definition) is 4. The minimum Gasteiger partial charge on any atom is -0.460 e. The molecule has 2 bridgehead atoms. The lowest BCUT2D eigenvalue weighted by molar-refractivity contribution is -0.168. The van der Waals surface area contributed by atoms with Crippen LogP contribution in [0.15, 0.2) is 5.16 Å². The highest BCUT2D eigenvalue weighted by atomic mass is 16.6. The van der Waals surface area contributed by atoms with Gasteiger partial charge in [-0.1, -0.05) is 19.0 Å². The van der Waals surface area contributed by atoms with Crippen LogP contribution in [0.5, 0.6) is 0 Å². The zero-order valence-electron chi connectivity index (χ0n) is 12.6. The van der Waals surface area contributed by atoms with Crippen LogP contribution >= 0.6 is 0 Å². The molecule has 3 atom stereocenters. The van der Waals surface area contributed by atoms with E-state index in [4.69, 9.17) is 9.94 Å². The zero-order chi connectivity index (χ0) is 14.5. The number of carbonyl (C=O) groups is 1. The van der Waals surface area contributed by atoms with Gasteiger partial charge in [-0.3, -0.25) is 4.79 Å². The maximum absolute atomic E-state index is 12.6. The normalized spacial score (nSPS) is 40.5. The lowest BCUT2D eigenvalue weighted by Crippen LogP contribution is -2.46. The van der Waals surface area contributed by atoms with Crippen LogP contribution in [0.2, 0.25) is 0 Å². The standard InChI is InChI=1S/C15H25NO3/c1-13(2,3)19-12(17)11-14(4)6-7-15(11,5)9-10(8-14)16-18/h11,18H,6-9H2,1-5H3/t11?,14-,15+. The smallest absolute Gasteiger partial charge is 0.310 e. The van der Waals surface area contributed by atoms with Gasteiger partial charge in [-0.25, -0.2) is 0 Å². The number of ether oxygens (including phenoxy) is 1. The quantitative estimate of drug-likeness (QED) is 0.450. The molecular weight excluding hydrogens is 242 g/mol. The van der Waals surface area contributed by atoms with E-state index in [2.05, 4.69) is 19.0 Å².